The molecule has 2 heterocycles. The molecular weight excluding hydrogens is 406 g/mol. The van der Waals surface area contributed by atoms with E-state index in [1.165, 1.54) is 11.3 Å². The number of rotatable bonds is 5. The Morgan fingerprint density at radius 3 is 2.42 bits per heavy atom. The predicted molar refractivity (Wildman–Crippen MR) is 123 cm³/mol. The molecule has 3 aromatic carbocycles. The van der Waals surface area contributed by atoms with Crippen LogP contribution in [0.15, 0.2) is 83.7 Å². The highest BCUT2D eigenvalue weighted by Gasteiger charge is 2.14. The van der Waals surface area contributed by atoms with Crippen molar-refractivity contribution in [1.29, 1.82) is 0 Å². The van der Waals surface area contributed by atoms with Crippen LogP contribution in [0.4, 0.5) is 0 Å². The highest BCUT2D eigenvalue weighted by Crippen LogP contribution is 2.19. The largest absolute Gasteiger partial charge is 0.489 e. The zero-order chi connectivity index (χ0) is 21.2. The number of ether oxygens (including phenoxy) is 1. The van der Waals surface area contributed by atoms with E-state index in [1.54, 1.807) is 4.40 Å². The van der Waals surface area contributed by atoms with Crippen molar-refractivity contribution in [2.24, 2.45) is 0 Å². The number of hydrogen-bond acceptors (Lipinski definition) is 5. The number of nitrogens with zero attached hydrogens (tertiary/aromatic N) is 3. The van der Waals surface area contributed by atoms with E-state index in [4.69, 9.17) is 4.74 Å². The minimum absolute atomic E-state index is 0.107. The lowest BCUT2D eigenvalue weighted by Crippen LogP contribution is -2.23. The number of fused-ring (bicyclic) bond motifs is 1. The van der Waals surface area contributed by atoms with Crippen molar-refractivity contribution in [2.45, 2.75) is 13.5 Å². The molecule has 0 saturated heterocycles. The molecule has 0 radical (unpaired) electrons. The molecule has 0 fully saturated rings. The monoisotopic (exact) mass is 425 g/mol. The molecule has 2 aromatic heterocycles. The fraction of sp³-hybridized carbons (Fsp3) is 0.0800. The molecular formula is C25H19N3O2S. The average molecular weight is 426 g/mol. The normalized spacial score (nSPS) is 11.8. The van der Waals surface area contributed by atoms with E-state index in [9.17, 15) is 4.79 Å². The smallest absolute Gasteiger partial charge is 0.276 e. The Labute approximate surface area is 182 Å². The molecule has 0 aliphatic carbocycles. The minimum Gasteiger partial charge on any atom is -0.489 e. The van der Waals surface area contributed by atoms with Crippen molar-refractivity contribution in [3.63, 3.8) is 0 Å². The topological polar surface area (TPSA) is 56.5 Å². The molecule has 0 aliphatic rings. The molecule has 5 aromatic rings. The molecule has 152 valence electrons. The Hall–Kier alpha value is -3.77. The maximum Gasteiger partial charge on any atom is 0.276 e. The maximum atomic E-state index is 13.0. The van der Waals surface area contributed by atoms with Gasteiger partial charge in [0.05, 0.1) is 4.53 Å². The van der Waals surface area contributed by atoms with Crippen LogP contribution in [0.3, 0.4) is 0 Å². The van der Waals surface area contributed by atoms with Crippen LogP contribution < -0.4 is 14.8 Å². The summed E-state index contributed by atoms with van der Waals surface area (Å²) in [7, 11) is 0. The van der Waals surface area contributed by atoms with Crippen molar-refractivity contribution in [3.05, 3.63) is 110 Å². The van der Waals surface area contributed by atoms with E-state index in [0.717, 1.165) is 28.0 Å². The first-order valence-corrected chi connectivity index (χ1v) is 10.7. The van der Waals surface area contributed by atoms with Gasteiger partial charge in [-0.2, -0.15) is 0 Å². The van der Waals surface area contributed by atoms with Crippen LogP contribution >= 0.6 is 11.3 Å². The number of benzene rings is 3. The fourth-order valence-electron chi connectivity index (χ4n) is 3.30. The summed E-state index contributed by atoms with van der Waals surface area (Å²) in [5.41, 5.74) is 3.97. The molecule has 31 heavy (non-hydrogen) atoms. The summed E-state index contributed by atoms with van der Waals surface area (Å²) in [6.07, 6.45) is 1.88. The van der Waals surface area contributed by atoms with Crippen LogP contribution in [0.25, 0.3) is 22.4 Å². The second-order valence-corrected chi connectivity index (χ2v) is 8.28. The third-order valence-corrected chi connectivity index (χ3v) is 5.94. The molecule has 6 heteroatoms. The quantitative estimate of drug-likeness (QED) is 0.422. The number of aromatic nitrogens is 3. The Morgan fingerprint density at radius 2 is 1.68 bits per heavy atom. The van der Waals surface area contributed by atoms with Crippen LogP contribution in [0.2, 0.25) is 0 Å². The summed E-state index contributed by atoms with van der Waals surface area (Å²) in [5, 5.41) is 8.41. The van der Waals surface area contributed by atoms with Crippen LogP contribution in [0.5, 0.6) is 5.75 Å². The highest BCUT2D eigenvalue weighted by atomic mass is 32.1. The zero-order valence-corrected chi connectivity index (χ0v) is 17.7. The van der Waals surface area contributed by atoms with Crippen molar-refractivity contribution in [2.75, 3.05) is 0 Å². The molecule has 0 saturated carbocycles. The average Bonchev–Trinajstić information content (AvgIpc) is 3.35. The Balaban J connectivity index is 1.41. The maximum absolute atomic E-state index is 13.0. The number of hydrogen-bond donors (Lipinski definition) is 0. The first-order valence-electron chi connectivity index (χ1n) is 9.91. The van der Waals surface area contributed by atoms with Crippen molar-refractivity contribution >= 4 is 22.4 Å². The molecule has 0 aliphatic heterocycles. The summed E-state index contributed by atoms with van der Waals surface area (Å²) in [4.78, 5) is 13.6. The van der Waals surface area contributed by atoms with Gasteiger partial charge in [-0.3, -0.25) is 4.79 Å². The molecule has 0 spiro atoms. The van der Waals surface area contributed by atoms with E-state index in [0.29, 0.717) is 21.9 Å². The number of aryl methyl sites for hydroxylation is 1. The zero-order valence-electron chi connectivity index (χ0n) is 16.9. The van der Waals surface area contributed by atoms with Crippen LogP contribution in [-0.2, 0) is 6.61 Å². The lowest BCUT2D eigenvalue weighted by atomic mass is 10.1. The van der Waals surface area contributed by atoms with Gasteiger partial charge < -0.3 is 4.74 Å². The second kappa shape index (κ2) is 8.16. The third-order valence-electron chi connectivity index (χ3n) is 4.98. The Kier molecular flexibility index (Phi) is 5.06. The summed E-state index contributed by atoms with van der Waals surface area (Å²) >= 11 is 1.34. The first-order chi connectivity index (χ1) is 15.2. The summed E-state index contributed by atoms with van der Waals surface area (Å²) in [5.74, 6) is 1.36. The van der Waals surface area contributed by atoms with Gasteiger partial charge in [0.15, 0.2) is 5.82 Å². The lowest BCUT2D eigenvalue weighted by molar-refractivity contribution is 0.306. The molecule has 0 unspecified atom stereocenters. The van der Waals surface area contributed by atoms with Crippen LogP contribution in [-0.4, -0.2) is 14.6 Å². The van der Waals surface area contributed by atoms with Gasteiger partial charge in [0, 0.05) is 5.56 Å². The molecule has 0 amide bonds. The van der Waals surface area contributed by atoms with Gasteiger partial charge in [0.25, 0.3) is 5.56 Å². The van der Waals surface area contributed by atoms with Gasteiger partial charge in [0.1, 0.15) is 12.4 Å². The first kappa shape index (κ1) is 19.2. The second-order valence-electron chi connectivity index (χ2n) is 7.27. The highest BCUT2D eigenvalue weighted by molar-refractivity contribution is 7.15. The van der Waals surface area contributed by atoms with Gasteiger partial charge in [0.2, 0.25) is 4.96 Å². The van der Waals surface area contributed by atoms with Crippen LogP contribution in [0, 0.1) is 6.92 Å². The van der Waals surface area contributed by atoms with Crippen LogP contribution in [0.1, 0.15) is 16.7 Å². The predicted octanol–water partition coefficient (Wildman–Crippen LogP) is 4.25. The minimum atomic E-state index is -0.107. The van der Waals surface area contributed by atoms with E-state index >= 15 is 0 Å². The van der Waals surface area contributed by atoms with Gasteiger partial charge in [-0.1, -0.05) is 83.6 Å². The molecule has 0 N–H and O–H groups in total. The SMILES string of the molecule is Cc1ccc(-c2nnc3sc(=Cc4ccc(OCc5ccccc5)cc4)c(=O)n23)cc1. The Bertz CT molecular complexity index is 1440. The lowest BCUT2D eigenvalue weighted by Gasteiger charge is -2.06. The van der Waals surface area contributed by atoms with Crippen molar-refractivity contribution in [3.8, 4) is 17.1 Å². The van der Waals surface area contributed by atoms with Crippen molar-refractivity contribution < 1.29 is 4.74 Å². The van der Waals surface area contributed by atoms with Gasteiger partial charge in [-0.05, 0) is 36.3 Å². The van der Waals surface area contributed by atoms with Gasteiger partial charge >= 0.3 is 0 Å². The van der Waals surface area contributed by atoms with Gasteiger partial charge in [-0.15, -0.1) is 10.2 Å². The molecule has 0 atom stereocenters. The standard InChI is InChI=1S/C25H19N3O2S/c1-17-7-11-20(12-8-17)23-26-27-25-28(23)24(29)22(31-25)15-18-9-13-21(14-10-18)30-16-19-5-3-2-4-6-19/h2-15H,16H2,1H3. The van der Waals surface area contributed by atoms with E-state index < -0.39 is 0 Å². The van der Waals surface area contributed by atoms with Crippen molar-refractivity contribution in [1.82, 2.24) is 14.6 Å². The van der Waals surface area contributed by atoms with E-state index in [-0.39, 0.29) is 5.56 Å². The summed E-state index contributed by atoms with van der Waals surface area (Å²) in [6.45, 7) is 2.55. The summed E-state index contributed by atoms with van der Waals surface area (Å²) in [6, 6.07) is 25.7. The van der Waals surface area contributed by atoms with E-state index in [2.05, 4.69) is 10.2 Å². The third kappa shape index (κ3) is 3.98. The summed E-state index contributed by atoms with van der Waals surface area (Å²) < 4.78 is 8.04. The van der Waals surface area contributed by atoms with Gasteiger partial charge in [-0.25, -0.2) is 4.40 Å². The molecule has 0 bridgehead atoms. The number of thiazole rings is 1. The fourth-order valence-corrected chi connectivity index (χ4v) is 4.22. The Morgan fingerprint density at radius 1 is 0.935 bits per heavy atom. The molecule has 5 rings (SSSR count). The molecule has 5 nitrogen and oxygen atoms in total. The van der Waals surface area contributed by atoms with E-state index in [1.807, 2.05) is 91.9 Å².